The second-order valence-corrected chi connectivity index (χ2v) is 10.6. The second kappa shape index (κ2) is 10.7. The molecule has 0 unspecified atom stereocenters. The Morgan fingerprint density at radius 2 is 1.76 bits per heavy atom. The SMILES string of the molecule is CC(C)(C)N(Cc1ccccc1)C(=O)COC(=O)c1c2c(nc3ccccc13)/C(=C\c1ccco1)CCC2. The molecule has 0 aliphatic heterocycles. The van der Waals surface area contributed by atoms with Crippen molar-refractivity contribution in [2.24, 2.45) is 0 Å². The maximum absolute atomic E-state index is 13.6. The fraction of sp³-hybridized carbons (Fsp3) is 0.281. The minimum Gasteiger partial charge on any atom is -0.465 e. The van der Waals surface area contributed by atoms with Crippen LogP contribution in [0.4, 0.5) is 0 Å². The Morgan fingerprint density at radius 3 is 2.50 bits per heavy atom. The monoisotopic (exact) mass is 508 g/mol. The second-order valence-electron chi connectivity index (χ2n) is 10.6. The predicted molar refractivity (Wildman–Crippen MR) is 148 cm³/mol. The van der Waals surface area contributed by atoms with E-state index in [0.717, 1.165) is 51.9 Å². The third kappa shape index (κ3) is 5.40. The highest BCUT2D eigenvalue weighted by Crippen LogP contribution is 2.36. The molecule has 2 aromatic carbocycles. The lowest BCUT2D eigenvalue weighted by Gasteiger charge is -2.35. The predicted octanol–water partition coefficient (Wildman–Crippen LogP) is 6.69. The van der Waals surface area contributed by atoms with Gasteiger partial charge in [0.05, 0.1) is 23.0 Å². The topological polar surface area (TPSA) is 72.6 Å². The number of hydrogen-bond acceptors (Lipinski definition) is 5. The van der Waals surface area contributed by atoms with E-state index in [-0.39, 0.29) is 12.5 Å². The first kappa shape index (κ1) is 25.5. The van der Waals surface area contributed by atoms with E-state index in [0.29, 0.717) is 18.5 Å². The summed E-state index contributed by atoms with van der Waals surface area (Å²) in [6.45, 7) is 6.05. The molecule has 1 aliphatic carbocycles. The molecule has 0 saturated heterocycles. The van der Waals surface area contributed by atoms with E-state index in [1.165, 1.54) is 0 Å². The fourth-order valence-corrected chi connectivity index (χ4v) is 5.00. The molecule has 0 radical (unpaired) electrons. The zero-order valence-corrected chi connectivity index (χ0v) is 22.1. The summed E-state index contributed by atoms with van der Waals surface area (Å²) in [5.41, 5.74) is 4.48. The summed E-state index contributed by atoms with van der Waals surface area (Å²) in [5, 5.41) is 0.736. The first-order valence-electron chi connectivity index (χ1n) is 13.0. The lowest BCUT2D eigenvalue weighted by molar-refractivity contribution is -0.140. The Morgan fingerprint density at radius 1 is 1.00 bits per heavy atom. The number of carbonyl (C=O) groups excluding carboxylic acids is 2. The van der Waals surface area contributed by atoms with Crippen LogP contribution in [0.3, 0.4) is 0 Å². The first-order chi connectivity index (χ1) is 18.3. The van der Waals surface area contributed by atoms with Crippen LogP contribution in [-0.4, -0.2) is 33.9 Å². The van der Waals surface area contributed by atoms with Crippen molar-refractivity contribution in [2.45, 2.75) is 52.1 Å². The van der Waals surface area contributed by atoms with Crippen molar-refractivity contribution < 1.29 is 18.7 Å². The largest absolute Gasteiger partial charge is 0.465 e. The molecule has 0 saturated carbocycles. The van der Waals surface area contributed by atoms with Gasteiger partial charge in [-0.2, -0.15) is 0 Å². The number of furan rings is 1. The first-order valence-corrected chi connectivity index (χ1v) is 13.0. The summed E-state index contributed by atoms with van der Waals surface area (Å²) < 4.78 is 11.3. The zero-order chi connectivity index (χ0) is 26.7. The van der Waals surface area contributed by atoms with Crippen LogP contribution in [0.2, 0.25) is 0 Å². The highest BCUT2D eigenvalue weighted by Gasteiger charge is 2.30. The highest BCUT2D eigenvalue weighted by atomic mass is 16.5. The lowest BCUT2D eigenvalue weighted by Crippen LogP contribution is -2.46. The molecule has 0 atom stereocenters. The van der Waals surface area contributed by atoms with Gasteiger partial charge in [-0.1, -0.05) is 48.5 Å². The van der Waals surface area contributed by atoms with Crippen LogP contribution in [0.1, 0.15) is 66.6 Å². The van der Waals surface area contributed by atoms with Crippen LogP contribution in [-0.2, 0) is 22.5 Å². The van der Waals surface area contributed by atoms with Crippen LogP contribution in [0.5, 0.6) is 0 Å². The third-order valence-corrected chi connectivity index (χ3v) is 6.86. The molecule has 0 spiro atoms. The lowest BCUT2D eigenvalue weighted by atomic mass is 9.86. The van der Waals surface area contributed by atoms with Gasteiger partial charge >= 0.3 is 5.97 Å². The van der Waals surface area contributed by atoms with Gasteiger partial charge in [0.1, 0.15) is 5.76 Å². The molecule has 2 heterocycles. The van der Waals surface area contributed by atoms with E-state index in [1.54, 1.807) is 11.2 Å². The van der Waals surface area contributed by atoms with Crippen LogP contribution < -0.4 is 0 Å². The highest BCUT2D eigenvalue weighted by molar-refractivity contribution is 6.07. The van der Waals surface area contributed by atoms with Gasteiger partial charge in [0.15, 0.2) is 6.61 Å². The number of ether oxygens (including phenoxy) is 1. The Balaban J connectivity index is 1.45. The van der Waals surface area contributed by atoms with E-state index >= 15 is 0 Å². The molecule has 5 rings (SSSR count). The molecule has 0 fully saturated rings. The van der Waals surface area contributed by atoms with Crippen LogP contribution in [0.25, 0.3) is 22.6 Å². The van der Waals surface area contributed by atoms with Crippen molar-refractivity contribution in [1.82, 2.24) is 9.88 Å². The normalized spacial score (nSPS) is 14.3. The number of para-hydroxylation sites is 1. The molecule has 0 bridgehead atoms. The van der Waals surface area contributed by atoms with Gasteiger partial charge in [-0.05, 0) is 81.0 Å². The van der Waals surface area contributed by atoms with Gasteiger partial charge in [0.25, 0.3) is 5.91 Å². The zero-order valence-electron chi connectivity index (χ0n) is 22.1. The number of allylic oxidation sites excluding steroid dienone is 1. The molecule has 38 heavy (non-hydrogen) atoms. The number of aromatic nitrogens is 1. The Labute approximate surface area is 222 Å². The number of benzene rings is 2. The molecule has 1 aliphatic rings. The van der Waals surface area contributed by atoms with Crippen LogP contribution in [0.15, 0.2) is 77.4 Å². The third-order valence-electron chi connectivity index (χ3n) is 6.86. The van der Waals surface area contributed by atoms with Crippen molar-refractivity contribution in [3.05, 3.63) is 101 Å². The molecule has 2 aromatic heterocycles. The Kier molecular flexibility index (Phi) is 7.14. The minimum absolute atomic E-state index is 0.236. The molecule has 6 heteroatoms. The van der Waals surface area contributed by atoms with Gasteiger partial charge in [0.2, 0.25) is 0 Å². The molecule has 1 amide bonds. The number of nitrogens with zero attached hydrogens (tertiary/aromatic N) is 2. The molecular formula is C32H32N2O4. The Bertz CT molecular complexity index is 1480. The van der Waals surface area contributed by atoms with Gasteiger partial charge in [-0.3, -0.25) is 4.79 Å². The van der Waals surface area contributed by atoms with Gasteiger partial charge < -0.3 is 14.1 Å². The number of esters is 1. The summed E-state index contributed by atoms with van der Waals surface area (Å²) in [7, 11) is 0. The van der Waals surface area contributed by atoms with Gasteiger partial charge in [0, 0.05) is 17.5 Å². The summed E-state index contributed by atoms with van der Waals surface area (Å²) in [6, 6.07) is 21.2. The van der Waals surface area contributed by atoms with Crippen molar-refractivity contribution in [3.8, 4) is 0 Å². The summed E-state index contributed by atoms with van der Waals surface area (Å²) in [4.78, 5) is 33.6. The average molecular weight is 509 g/mol. The van der Waals surface area contributed by atoms with Crippen molar-refractivity contribution >= 4 is 34.4 Å². The smallest absolute Gasteiger partial charge is 0.339 e. The Hall–Kier alpha value is -4.19. The molecule has 6 nitrogen and oxygen atoms in total. The van der Waals surface area contributed by atoms with Crippen molar-refractivity contribution in [2.75, 3.05) is 6.61 Å². The quantitative estimate of drug-likeness (QED) is 0.271. The van der Waals surface area contributed by atoms with Crippen molar-refractivity contribution in [1.29, 1.82) is 0 Å². The van der Waals surface area contributed by atoms with Gasteiger partial charge in [-0.25, -0.2) is 9.78 Å². The van der Waals surface area contributed by atoms with E-state index in [2.05, 4.69) is 0 Å². The standard InChI is InChI=1S/C32H32N2O4/c1-32(2,3)34(20-22-11-5-4-6-12-22)28(35)21-38-31(36)29-25-15-7-8-17-27(25)33-30-23(13-9-16-26(29)30)19-24-14-10-18-37-24/h4-8,10-12,14-15,17-19H,9,13,16,20-21H2,1-3H3/b23-19-. The van der Waals surface area contributed by atoms with E-state index in [4.69, 9.17) is 14.1 Å². The number of amides is 1. The number of pyridine rings is 1. The van der Waals surface area contributed by atoms with Gasteiger partial charge in [-0.15, -0.1) is 0 Å². The number of carbonyl (C=O) groups is 2. The molecule has 0 N–H and O–H groups in total. The molecule has 194 valence electrons. The maximum atomic E-state index is 13.6. The summed E-state index contributed by atoms with van der Waals surface area (Å²) in [5.74, 6) is 0.0135. The molecule has 4 aromatic rings. The van der Waals surface area contributed by atoms with E-state index in [9.17, 15) is 9.59 Å². The maximum Gasteiger partial charge on any atom is 0.339 e. The van der Waals surface area contributed by atoms with Crippen molar-refractivity contribution in [3.63, 3.8) is 0 Å². The van der Waals surface area contributed by atoms with E-state index < -0.39 is 11.5 Å². The fourth-order valence-electron chi connectivity index (χ4n) is 5.00. The number of fused-ring (bicyclic) bond motifs is 2. The number of hydrogen-bond donors (Lipinski definition) is 0. The molecular weight excluding hydrogens is 476 g/mol. The number of rotatable bonds is 6. The van der Waals surface area contributed by atoms with Crippen LogP contribution >= 0.6 is 0 Å². The summed E-state index contributed by atoms with van der Waals surface area (Å²) in [6.07, 6.45) is 6.06. The minimum atomic E-state index is -0.499. The average Bonchev–Trinajstić information content (AvgIpc) is 3.42. The summed E-state index contributed by atoms with van der Waals surface area (Å²) >= 11 is 0. The van der Waals surface area contributed by atoms with E-state index in [1.807, 2.05) is 93.6 Å². The van der Waals surface area contributed by atoms with Crippen LogP contribution in [0, 0.1) is 0 Å².